The normalized spacial score (nSPS) is 14.6. The number of allylic oxidation sites excluding steroid dienone is 4. The quantitative estimate of drug-likeness (QED) is 0.649. The molecule has 3 nitrogen and oxygen atoms in total. The Labute approximate surface area is 157 Å². The van der Waals surface area contributed by atoms with Crippen molar-refractivity contribution in [2.45, 2.75) is 17.7 Å². The maximum atomic E-state index is 14.2. The molecule has 2 aromatic rings. The fourth-order valence-corrected chi connectivity index (χ4v) is 3.82. The summed E-state index contributed by atoms with van der Waals surface area (Å²) in [5, 5.41) is 0. The predicted molar refractivity (Wildman–Crippen MR) is 93.2 cm³/mol. The van der Waals surface area contributed by atoms with Crippen molar-refractivity contribution < 1.29 is 35.1 Å². The van der Waals surface area contributed by atoms with Gasteiger partial charge < -0.3 is 4.74 Å². The minimum Gasteiger partial charge on any atom is -0.406 e. The van der Waals surface area contributed by atoms with Crippen molar-refractivity contribution in [2.75, 3.05) is 6.26 Å². The standard InChI is InChI=1S/C19H13F5O3S/c1-28(25,26)18-16(20)9-12(10-17(18)21)15-7-3-6-14(15)11-4-2-5-13(8-11)27-19(22,23)24/h2,4-10H,3H2,1H3. The lowest BCUT2D eigenvalue weighted by atomic mass is 9.95. The van der Waals surface area contributed by atoms with Gasteiger partial charge >= 0.3 is 6.36 Å². The number of ether oxygens (including phenoxy) is 1. The SMILES string of the molecule is CS(=O)(=O)c1c(F)cc(C2=CCC=C2c2cccc(OC(F)(F)F)c2)cc1F. The van der Waals surface area contributed by atoms with E-state index in [0.29, 0.717) is 29.4 Å². The molecule has 0 spiro atoms. The van der Waals surface area contributed by atoms with Gasteiger partial charge in [-0.15, -0.1) is 13.2 Å². The van der Waals surface area contributed by atoms with Gasteiger partial charge in [-0.2, -0.15) is 0 Å². The van der Waals surface area contributed by atoms with Gasteiger partial charge in [-0.1, -0.05) is 24.3 Å². The van der Waals surface area contributed by atoms with Gasteiger partial charge in [-0.05, 0) is 53.0 Å². The van der Waals surface area contributed by atoms with Crippen LogP contribution in [0.5, 0.6) is 5.75 Å². The van der Waals surface area contributed by atoms with Crippen LogP contribution in [0.2, 0.25) is 0 Å². The zero-order valence-corrected chi connectivity index (χ0v) is 15.2. The Bertz CT molecular complexity index is 1080. The summed E-state index contributed by atoms with van der Waals surface area (Å²) in [6.45, 7) is 0. The van der Waals surface area contributed by atoms with Crippen molar-refractivity contribution in [1.82, 2.24) is 0 Å². The highest BCUT2D eigenvalue weighted by molar-refractivity contribution is 7.90. The first-order valence-corrected chi connectivity index (χ1v) is 9.81. The number of hydrogen-bond acceptors (Lipinski definition) is 3. The van der Waals surface area contributed by atoms with Crippen molar-refractivity contribution in [3.8, 4) is 5.75 Å². The van der Waals surface area contributed by atoms with Crippen molar-refractivity contribution >= 4 is 21.0 Å². The number of sulfone groups is 1. The first-order valence-electron chi connectivity index (χ1n) is 7.92. The van der Waals surface area contributed by atoms with Crippen molar-refractivity contribution in [3.05, 3.63) is 71.3 Å². The summed E-state index contributed by atoms with van der Waals surface area (Å²) in [5.41, 5.74) is 1.27. The monoisotopic (exact) mass is 416 g/mol. The van der Waals surface area contributed by atoms with Crippen LogP contribution in [0.4, 0.5) is 22.0 Å². The molecule has 28 heavy (non-hydrogen) atoms. The van der Waals surface area contributed by atoms with Crippen LogP contribution >= 0.6 is 0 Å². The van der Waals surface area contributed by atoms with Gasteiger partial charge in [0.2, 0.25) is 0 Å². The molecule has 9 heteroatoms. The number of alkyl halides is 3. The zero-order chi connectivity index (χ0) is 20.7. The summed E-state index contributed by atoms with van der Waals surface area (Å²) in [6, 6.07) is 6.97. The predicted octanol–water partition coefficient (Wildman–Crippen LogP) is 5.14. The average Bonchev–Trinajstić information content (AvgIpc) is 3.01. The molecule has 0 amide bonds. The molecule has 0 N–H and O–H groups in total. The number of benzene rings is 2. The highest BCUT2D eigenvalue weighted by atomic mass is 32.2. The van der Waals surface area contributed by atoms with Crippen LogP contribution in [0.25, 0.3) is 11.1 Å². The topological polar surface area (TPSA) is 43.4 Å². The van der Waals surface area contributed by atoms with Gasteiger partial charge in [0.15, 0.2) is 9.84 Å². The lowest BCUT2D eigenvalue weighted by Gasteiger charge is -2.14. The third-order valence-electron chi connectivity index (χ3n) is 3.99. The fourth-order valence-electron chi connectivity index (χ4n) is 2.99. The van der Waals surface area contributed by atoms with E-state index in [9.17, 15) is 30.4 Å². The fraction of sp³-hybridized carbons (Fsp3) is 0.158. The molecule has 0 saturated heterocycles. The summed E-state index contributed by atoms with van der Waals surface area (Å²) in [7, 11) is -4.10. The molecule has 0 heterocycles. The average molecular weight is 416 g/mol. The van der Waals surface area contributed by atoms with Crippen LogP contribution in [0.1, 0.15) is 17.5 Å². The highest BCUT2D eigenvalue weighted by Gasteiger charge is 2.31. The first kappa shape index (κ1) is 20.1. The molecule has 0 bridgehead atoms. The molecule has 0 aromatic heterocycles. The summed E-state index contributed by atoms with van der Waals surface area (Å²) in [4.78, 5) is -1.03. The molecule has 0 atom stereocenters. The van der Waals surface area contributed by atoms with E-state index in [1.807, 2.05) is 0 Å². The smallest absolute Gasteiger partial charge is 0.406 e. The summed E-state index contributed by atoms with van der Waals surface area (Å²) < 4.78 is 92.7. The van der Waals surface area contributed by atoms with Gasteiger partial charge in [-0.3, -0.25) is 0 Å². The second-order valence-corrected chi connectivity index (χ2v) is 8.04. The van der Waals surface area contributed by atoms with E-state index in [2.05, 4.69) is 4.74 Å². The van der Waals surface area contributed by atoms with Gasteiger partial charge in [0.1, 0.15) is 22.3 Å². The van der Waals surface area contributed by atoms with Crippen LogP contribution in [-0.4, -0.2) is 21.0 Å². The zero-order valence-electron chi connectivity index (χ0n) is 14.3. The minimum absolute atomic E-state index is 0.0771. The van der Waals surface area contributed by atoms with E-state index in [1.54, 1.807) is 12.2 Å². The molecule has 0 radical (unpaired) electrons. The third-order valence-corrected chi connectivity index (χ3v) is 5.12. The van der Waals surface area contributed by atoms with Crippen molar-refractivity contribution in [3.63, 3.8) is 0 Å². The summed E-state index contributed by atoms with van der Waals surface area (Å²) >= 11 is 0. The number of halogens is 5. The van der Waals surface area contributed by atoms with Gasteiger partial charge in [0.25, 0.3) is 0 Å². The molecule has 1 aliphatic carbocycles. The summed E-state index contributed by atoms with van der Waals surface area (Å²) in [6.07, 6.45) is -0.440. The number of rotatable bonds is 4. The Hall–Kier alpha value is -2.68. The van der Waals surface area contributed by atoms with E-state index in [0.717, 1.165) is 24.3 Å². The van der Waals surface area contributed by atoms with E-state index in [4.69, 9.17) is 0 Å². The lowest BCUT2D eigenvalue weighted by Crippen LogP contribution is -2.17. The Balaban J connectivity index is 2.00. The Morgan fingerprint density at radius 3 is 2.04 bits per heavy atom. The molecule has 0 fully saturated rings. The molecular weight excluding hydrogens is 403 g/mol. The van der Waals surface area contributed by atoms with Gasteiger partial charge in [-0.25, -0.2) is 17.2 Å². The Morgan fingerprint density at radius 1 is 0.929 bits per heavy atom. The molecule has 0 unspecified atom stereocenters. The van der Waals surface area contributed by atoms with Crippen molar-refractivity contribution in [2.24, 2.45) is 0 Å². The first-order chi connectivity index (χ1) is 13.0. The molecular formula is C19H13F5O3S. The minimum atomic E-state index is -4.85. The molecule has 3 rings (SSSR count). The Kier molecular flexibility index (Phi) is 5.05. The third kappa shape index (κ3) is 4.24. The Morgan fingerprint density at radius 2 is 1.50 bits per heavy atom. The van der Waals surface area contributed by atoms with Gasteiger partial charge in [0, 0.05) is 6.26 Å². The van der Waals surface area contributed by atoms with Crippen LogP contribution in [0.3, 0.4) is 0 Å². The maximum absolute atomic E-state index is 14.2. The van der Waals surface area contributed by atoms with E-state index in [-0.39, 0.29) is 5.56 Å². The molecule has 1 aliphatic rings. The van der Waals surface area contributed by atoms with Crippen LogP contribution in [0, 0.1) is 11.6 Å². The molecule has 148 valence electrons. The maximum Gasteiger partial charge on any atom is 0.573 e. The largest absolute Gasteiger partial charge is 0.573 e. The van der Waals surface area contributed by atoms with Crippen LogP contribution in [-0.2, 0) is 9.84 Å². The van der Waals surface area contributed by atoms with Crippen LogP contribution < -0.4 is 4.74 Å². The van der Waals surface area contributed by atoms with Crippen LogP contribution in [0.15, 0.2) is 53.4 Å². The molecule has 2 aromatic carbocycles. The molecule has 0 aliphatic heterocycles. The van der Waals surface area contributed by atoms with E-state index >= 15 is 0 Å². The lowest BCUT2D eigenvalue weighted by molar-refractivity contribution is -0.274. The van der Waals surface area contributed by atoms with E-state index < -0.39 is 38.5 Å². The summed E-state index contributed by atoms with van der Waals surface area (Å²) in [5.74, 6) is -2.90. The molecule has 0 saturated carbocycles. The number of hydrogen-bond donors (Lipinski definition) is 0. The second-order valence-electron chi connectivity index (χ2n) is 6.09. The van der Waals surface area contributed by atoms with Crippen molar-refractivity contribution in [1.29, 1.82) is 0 Å². The highest BCUT2D eigenvalue weighted by Crippen LogP contribution is 2.39. The second kappa shape index (κ2) is 7.05. The van der Waals surface area contributed by atoms with Gasteiger partial charge in [0.05, 0.1) is 0 Å². The van der Waals surface area contributed by atoms with E-state index in [1.165, 1.54) is 12.1 Å².